The Kier molecular flexibility index (Phi) is 8.73. The first-order chi connectivity index (χ1) is 27.8. The van der Waals surface area contributed by atoms with Crippen LogP contribution in [0.25, 0.3) is 22.3 Å². The molecule has 0 spiro atoms. The van der Waals surface area contributed by atoms with Gasteiger partial charge in [0.2, 0.25) is 11.8 Å². The first-order valence-electron chi connectivity index (χ1n) is 20.0. The second kappa shape index (κ2) is 14.1. The summed E-state index contributed by atoms with van der Waals surface area (Å²) in [6, 6.07) is 23.0. The number of anilines is 2. The Morgan fingerprint density at radius 3 is 2.19 bits per heavy atom. The Balaban J connectivity index is 0.787. The third kappa shape index (κ3) is 6.28. The van der Waals surface area contributed by atoms with Crippen LogP contribution in [0.4, 0.5) is 11.5 Å². The van der Waals surface area contributed by atoms with Crippen LogP contribution in [0.5, 0.6) is 11.5 Å². The Bertz CT molecular complexity index is 2400. The molecule has 10 rings (SSSR count). The van der Waals surface area contributed by atoms with Crippen LogP contribution in [-0.4, -0.2) is 90.9 Å². The van der Waals surface area contributed by atoms with Gasteiger partial charge in [0.05, 0.1) is 22.6 Å². The number of imide groups is 2. The lowest BCUT2D eigenvalue weighted by Crippen LogP contribution is -2.55. The van der Waals surface area contributed by atoms with E-state index >= 15 is 0 Å². The molecule has 2 bridgehead atoms. The molecule has 14 nitrogen and oxygen atoms in total. The summed E-state index contributed by atoms with van der Waals surface area (Å²) in [6.45, 7) is 2.94. The number of carbonyl (C=O) groups excluding carboxylic acids is 4. The number of likely N-dealkylation sites (tertiary alicyclic amines) is 1. The highest BCUT2D eigenvalue weighted by molar-refractivity contribution is 6.23. The minimum Gasteiger partial charge on any atom is -0.457 e. The van der Waals surface area contributed by atoms with Gasteiger partial charge in [-0.05, 0) is 105 Å². The van der Waals surface area contributed by atoms with E-state index in [0.717, 1.165) is 103 Å². The fraction of sp³-hybridized carbons (Fsp3) is 0.372. The summed E-state index contributed by atoms with van der Waals surface area (Å²) in [6.07, 6.45) is 8.08. The number of carbonyl (C=O) groups is 4. The number of nitrogen functional groups attached to an aromatic ring is 1. The zero-order chi connectivity index (χ0) is 38.8. The van der Waals surface area contributed by atoms with Gasteiger partial charge in [-0.2, -0.15) is 5.10 Å². The van der Waals surface area contributed by atoms with Crippen LogP contribution in [0, 0.1) is 5.92 Å². The van der Waals surface area contributed by atoms with Gasteiger partial charge >= 0.3 is 0 Å². The summed E-state index contributed by atoms with van der Waals surface area (Å²) in [5.41, 5.74) is 10.5. The van der Waals surface area contributed by atoms with Crippen LogP contribution >= 0.6 is 0 Å². The molecule has 2 aromatic heterocycles. The monoisotopic (exact) mass is 765 g/mol. The maximum Gasteiger partial charge on any atom is 0.262 e. The van der Waals surface area contributed by atoms with Gasteiger partial charge < -0.3 is 15.4 Å². The number of rotatable bonds is 8. The minimum atomic E-state index is -0.970. The zero-order valence-electron chi connectivity index (χ0n) is 31.4. The molecule has 4 amide bonds. The van der Waals surface area contributed by atoms with Crippen molar-refractivity contribution in [3.05, 3.63) is 90.3 Å². The van der Waals surface area contributed by atoms with E-state index < -0.39 is 23.8 Å². The van der Waals surface area contributed by atoms with Crippen LogP contribution < -0.4 is 20.7 Å². The standard InChI is InChI=1S/C43H43N9O5/c44-39-37-38(26-8-15-32(16-9-26)57-31-4-2-1-3-5-31)48-52(40(37)46-24-45-39)27-10-6-25(7-11-27)21-49-22-29-12-13-30(23-49)50(29)28-14-17-33-34(20-28)43(56)51(42(33)55)35-18-19-36(53)47-41(35)54/h1-5,8-9,14-17,20,24-25,27,29-30,35H,6-7,10-13,18-19,21-23H2,(H2,44,45,46)(H,47,53,54). The molecular formula is C43H43N9O5. The van der Waals surface area contributed by atoms with E-state index in [0.29, 0.717) is 34.9 Å². The van der Waals surface area contributed by atoms with Crippen molar-refractivity contribution in [2.24, 2.45) is 5.92 Å². The van der Waals surface area contributed by atoms with Crippen LogP contribution in [0.3, 0.4) is 0 Å². The van der Waals surface area contributed by atoms with Gasteiger partial charge in [0.1, 0.15) is 35.4 Å². The van der Waals surface area contributed by atoms with Crippen LogP contribution in [0.15, 0.2) is 79.1 Å². The molecule has 3 atom stereocenters. The molecular weight excluding hydrogens is 723 g/mol. The van der Waals surface area contributed by atoms with Crippen molar-refractivity contribution < 1.29 is 23.9 Å². The number of benzene rings is 3. The number of para-hydroxylation sites is 1. The number of nitrogens with two attached hydrogens (primary N) is 1. The lowest BCUT2D eigenvalue weighted by Gasteiger charge is -2.44. The van der Waals surface area contributed by atoms with E-state index in [4.69, 9.17) is 15.6 Å². The largest absolute Gasteiger partial charge is 0.457 e. The van der Waals surface area contributed by atoms with Gasteiger partial charge in [-0.1, -0.05) is 18.2 Å². The quantitative estimate of drug-likeness (QED) is 0.195. The Morgan fingerprint density at radius 2 is 1.46 bits per heavy atom. The maximum atomic E-state index is 13.5. The van der Waals surface area contributed by atoms with E-state index in [9.17, 15) is 19.2 Å². The molecule has 4 aliphatic heterocycles. The molecule has 3 N–H and O–H groups in total. The van der Waals surface area contributed by atoms with Crippen LogP contribution in [0.1, 0.15) is 78.1 Å². The van der Waals surface area contributed by atoms with Crippen molar-refractivity contribution in [3.63, 3.8) is 0 Å². The van der Waals surface area contributed by atoms with Gasteiger partial charge in [-0.15, -0.1) is 0 Å². The number of nitrogens with zero attached hydrogens (tertiary/aromatic N) is 7. The lowest BCUT2D eigenvalue weighted by molar-refractivity contribution is -0.136. The number of ether oxygens (including phenoxy) is 1. The average Bonchev–Trinajstić information content (AvgIpc) is 3.83. The third-order valence-corrected chi connectivity index (χ3v) is 12.6. The Hall–Kier alpha value is -6.15. The molecule has 1 aliphatic carbocycles. The summed E-state index contributed by atoms with van der Waals surface area (Å²) in [4.78, 5) is 66.2. The number of hydrogen-bond donors (Lipinski definition) is 2. The second-order valence-electron chi connectivity index (χ2n) is 16.1. The molecule has 5 aliphatic rings. The number of amides is 4. The van der Waals surface area contributed by atoms with Crippen molar-refractivity contribution in [2.75, 3.05) is 30.3 Å². The van der Waals surface area contributed by atoms with Gasteiger partial charge in [0, 0.05) is 49.4 Å². The van der Waals surface area contributed by atoms with Gasteiger partial charge in [0.25, 0.3) is 11.8 Å². The molecule has 1 saturated carbocycles. The van der Waals surface area contributed by atoms with Gasteiger partial charge in [-0.3, -0.25) is 34.3 Å². The number of nitrogens with one attached hydrogen (secondary N) is 1. The molecule has 14 heteroatoms. The number of piperazine rings is 1. The summed E-state index contributed by atoms with van der Waals surface area (Å²) >= 11 is 0. The number of fused-ring (bicyclic) bond motifs is 4. The van der Waals surface area contributed by atoms with Gasteiger partial charge in [-0.25, -0.2) is 14.6 Å². The molecule has 290 valence electrons. The van der Waals surface area contributed by atoms with Crippen LogP contribution in [0.2, 0.25) is 0 Å². The fourth-order valence-corrected chi connectivity index (χ4v) is 9.88. The van der Waals surface area contributed by atoms with E-state index in [-0.39, 0.29) is 24.8 Å². The second-order valence-corrected chi connectivity index (χ2v) is 16.1. The lowest BCUT2D eigenvalue weighted by atomic mass is 9.85. The predicted octanol–water partition coefficient (Wildman–Crippen LogP) is 5.35. The SMILES string of the molecule is Nc1ncnc2c1c(-c1ccc(Oc3ccccc3)cc1)nn2C1CCC(CN2CC3CCC(C2)N3c2ccc3c(c2)C(=O)N(C2CCC(=O)NC2=O)C3=O)CC1. The van der Waals surface area contributed by atoms with Gasteiger partial charge in [0.15, 0.2) is 5.65 Å². The van der Waals surface area contributed by atoms with Crippen molar-refractivity contribution in [3.8, 4) is 22.8 Å². The summed E-state index contributed by atoms with van der Waals surface area (Å²) < 4.78 is 8.09. The number of aromatic nitrogens is 4. The highest BCUT2D eigenvalue weighted by Crippen LogP contribution is 2.41. The summed E-state index contributed by atoms with van der Waals surface area (Å²) in [7, 11) is 0. The molecule has 0 radical (unpaired) electrons. The molecule has 6 heterocycles. The summed E-state index contributed by atoms with van der Waals surface area (Å²) in [5.74, 6) is 0.589. The Labute approximate surface area is 329 Å². The van der Waals surface area contributed by atoms with E-state index in [1.807, 2.05) is 66.7 Å². The molecule has 5 aromatic rings. The Morgan fingerprint density at radius 1 is 0.754 bits per heavy atom. The molecule has 3 saturated heterocycles. The highest BCUT2D eigenvalue weighted by Gasteiger charge is 2.46. The highest BCUT2D eigenvalue weighted by atomic mass is 16.5. The normalized spacial score (nSPS) is 24.9. The topological polar surface area (TPSA) is 169 Å². The smallest absolute Gasteiger partial charge is 0.262 e. The molecule has 57 heavy (non-hydrogen) atoms. The van der Waals surface area contributed by atoms with E-state index in [2.05, 4.69) is 29.8 Å². The fourth-order valence-electron chi connectivity index (χ4n) is 9.88. The zero-order valence-corrected chi connectivity index (χ0v) is 31.4. The molecule has 3 unspecified atom stereocenters. The number of piperidine rings is 1. The van der Waals surface area contributed by atoms with Crippen molar-refractivity contribution in [1.29, 1.82) is 0 Å². The molecule has 4 fully saturated rings. The van der Waals surface area contributed by atoms with E-state index in [1.54, 1.807) is 6.07 Å². The molecule has 3 aromatic carbocycles. The van der Waals surface area contributed by atoms with Crippen molar-refractivity contribution in [2.45, 2.75) is 75.5 Å². The summed E-state index contributed by atoms with van der Waals surface area (Å²) in [5, 5.41) is 8.18. The first kappa shape index (κ1) is 35.3. The number of hydrogen-bond acceptors (Lipinski definition) is 11. The van der Waals surface area contributed by atoms with Crippen molar-refractivity contribution >= 4 is 46.2 Å². The average molecular weight is 766 g/mol. The van der Waals surface area contributed by atoms with Crippen LogP contribution in [-0.2, 0) is 9.59 Å². The minimum absolute atomic E-state index is 0.0973. The maximum absolute atomic E-state index is 13.5. The van der Waals surface area contributed by atoms with E-state index in [1.165, 1.54) is 6.33 Å². The third-order valence-electron chi connectivity index (χ3n) is 12.6. The van der Waals surface area contributed by atoms with Crippen molar-refractivity contribution in [1.82, 2.24) is 34.9 Å². The predicted molar refractivity (Wildman–Crippen MR) is 212 cm³/mol. The first-order valence-corrected chi connectivity index (χ1v) is 20.0.